The Morgan fingerprint density at radius 1 is 0.774 bits per heavy atom. The largest absolute Gasteiger partial charge is 0.489 e. The average Bonchev–Trinajstić information content (AvgIpc) is 3.74. The molecule has 2 heterocycles. The first-order valence-corrected chi connectivity index (χ1v) is 18.8. The molecule has 0 aliphatic heterocycles. The molecule has 2 aromatic heterocycles. The van der Waals surface area contributed by atoms with Gasteiger partial charge in [0.05, 0.1) is 15.8 Å². The molecule has 6 aromatic carbocycles. The number of ketones is 2. The van der Waals surface area contributed by atoms with Crippen molar-refractivity contribution in [3.8, 4) is 5.75 Å². The SMILES string of the molecule is CC(=O)c1c(CSc2ccc3ccccc3c2)n(Cc2cccc(C(=O)c3nc4ccc(C(=O)O)cc4s3)c2)c2ccc(OCc3ccccc3)cc12. The minimum atomic E-state index is -1.03. The molecule has 0 unspecified atom stereocenters. The summed E-state index contributed by atoms with van der Waals surface area (Å²) in [6.07, 6.45) is 0. The molecule has 0 saturated heterocycles. The quantitative estimate of drug-likeness (QED) is 0.0986. The van der Waals surface area contributed by atoms with E-state index in [4.69, 9.17) is 4.74 Å². The van der Waals surface area contributed by atoms with Gasteiger partial charge in [-0.15, -0.1) is 23.1 Å². The molecule has 0 fully saturated rings. The lowest BCUT2D eigenvalue weighted by atomic mass is 10.1. The minimum Gasteiger partial charge on any atom is -0.489 e. The number of thiazole rings is 1. The Morgan fingerprint density at radius 2 is 1.57 bits per heavy atom. The van der Waals surface area contributed by atoms with Crippen molar-refractivity contribution < 1.29 is 24.2 Å². The Bertz CT molecular complexity index is 2700. The van der Waals surface area contributed by atoms with Gasteiger partial charge in [0.25, 0.3) is 0 Å². The summed E-state index contributed by atoms with van der Waals surface area (Å²) in [4.78, 5) is 44.3. The monoisotopic (exact) mass is 732 g/mol. The van der Waals surface area contributed by atoms with Gasteiger partial charge < -0.3 is 14.4 Å². The second kappa shape index (κ2) is 14.5. The van der Waals surface area contributed by atoms with Crippen molar-refractivity contribution in [3.63, 3.8) is 0 Å². The third-order valence-electron chi connectivity index (χ3n) is 9.20. The third-order valence-corrected chi connectivity index (χ3v) is 11.2. The summed E-state index contributed by atoms with van der Waals surface area (Å²) in [5, 5.41) is 12.8. The van der Waals surface area contributed by atoms with Crippen LogP contribution in [0.3, 0.4) is 0 Å². The summed E-state index contributed by atoms with van der Waals surface area (Å²) in [6, 6.07) is 42.7. The molecule has 0 atom stereocenters. The van der Waals surface area contributed by atoms with E-state index in [-0.39, 0.29) is 17.1 Å². The van der Waals surface area contributed by atoms with Crippen LogP contribution in [0, 0.1) is 0 Å². The van der Waals surface area contributed by atoms with Gasteiger partial charge in [0.15, 0.2) is 10.8 Å². The molecule has 7 nitrogen and oxygen atoms in total. The molecular weight excluding hydrogens is 701 g/mol. The van der Waals surface area contributed by atoms with E-state index in [1.54, 1.807) is 36.9 Å². The predicted molar refractivity (Wildman–Crippen MR) is 212 cm³/mol. The van der Waals surface area contributed by atoms with E-state index in [1.807, 2.05) is 78.9 Å². The van der Waals surface area contributed by atoms with Crippen molar-refractivity contribution in [3.05, 3.63) is 172 Å². The molecule has 0 amide bonds. The number of hydrogen-bond donors (Lipinski definition) is 1. The number of carboxylic acid groups (broad SMARTS) is 1. The van der Waals surface area contributed by atoms with Gasteiger partial charge in [-0.2, -0.15) is 0 Å². The average molecular weight is 733 g/mol. The molecule has 1 N–H and O–H groups in total. The molecule has 0 spiro atoms. The number of carboxylic acids is 1. The summed E-state index contributed by atoms with van der Waals surface area (Å²) in [6.45, 7) is 2.44. The van der Waals surface area contributed by atoms with Gasteiger partial charge in [0.2, 0.25) is 5.78 Å². The number of carbonyl (C=O) groups excluding carboxylic acids is 2. The van der Waals surface area contributed by atoms with Crippen LogP contribution in [-0.2, 0) is 18.9 Å². The van der Waals surface area contributed by atoms with Gasteiger partial charge in [-0.1, -0.05) is 78.9 Å². The number of fused-ring (bicyclic) bond motifs is 3. The van der Waals surface area contributed by atoms with E-state index in [2.05, 4.69) is 39.9 Å². The second-order valence-corrected chi connectivity index (χ2v) is 14.8. The molecule has 8 aromatic rings. The number of rotatable bonds is 12. The Kier molecular flexibility index (Phi) is 9.35. The number of ether oxygens (including phenoxy) is 1. The first kappa shape index (κ1) is 34.1. The van der Waals surface area contributed by atoms with Crippen LogP contribution in [0.4, 0.5) is 0 Å². The molecule has 0 bridgehead atoms. The Labute approximate surface area is 313 Å². The van der Waals surface area contributed by atoms with Crippen LogP contribution < -0.4 is 4.74 Å². The summed E-state index contributed by atoms with van der Waals surface area (Å²) in [5.41, 5.74) is 5.59. The zero-order valence-electron chi connectivity index (χ0n) is 28.6. The third kappa shape index (κ3) is 7.09. The van der Waals surface area contributed by atoms with Gasteiger partial charge >= 0.3 is 5.97 Å². The summed E-state index contributed by atoms with van der Waals surface area (Å²) >= 11 is 2.86. The van der Waals surface area contributed by atoms with Gasteiger partial charge in [0, 0.05) is 44.9 Å². The van der Waals surface area contributed by atoms with E-state index < -0.39 is 5.97 Å². The first-order chi connectivity index (χ1) is 25.8. The second-order valence-electron chi connectivity index (χ2n) is 12.8. The highest BCUT2D eigenvalue weighted by atomic mass is 32.2. The minimum absolute atomic E-state index is 0.0334. The molecule has 0 aliphatic carbocycles. The Balaban J connectivity index is 1.16. The number of thioether (sulfide) groups is 1. The van der Waals surface area contributed by atoms with Crippen LogP contribution >= 0.6 is 23.1 Å². The van der Waals surface area contributed by atoms with E-state index >= 15 is 0 Å². The number of aromatic nitrogens is 2. The standard InChI is InChI=1S/C44H32N2O5S2/c1-27(47)41-36-23-34(51-25-28-8-3-2-4-9-28)16-19-38(36)46(39(41)26-52-35-17-14-30-11-5-6-12-31(30)21-35)24-29-10-7-13-32(20-29)42(48)43-45-37-18-15-33(44(49)50)22-40(37)53-43/h2-23H,24-26H2,1H3,(H,49,50). The van der Waals surface area contributed by atoms with Crippen molar-refractivity contribution in [1.29, 1.82) is 0 Å². The van der Waals surface area contributed by atoms with Crippen LogP contribution in [0.15, 0.2) is 138 Å². The fourth-order valence-electron chi connectivity index (χ4n) is 6.62. The van der Waals surface area contributed by atoms with Crippen molar-refractivity contribution in [2.45, 2.75) is 30.7 Å². The van der Waals surface area contributed by atoms with Crippen LogP contribution in [0.2, 0.25) is 0 Å². The lowest BCUT2D eigenvalue weighted by Gasteiger charge is -2.13. The van der Waals surface area contributed by atoms with Crippen molar-refractivity contribution >= 4 is 72.5 Å². The molecule has 0 aliphatic rings. The van der Waals surface area contributed by atoms with Crippen LogP contribution in [-0.4, -0.2) is 32.2 Å². The maximum absolute atomic E-state index is 13.7. The molecule has 9 heteroatoms. The maximum atomic E-state index is 13.7. The van der Waals surface area contributed by atoms with Crippen LogP contribution in [0.1, 0.15) is 59.8 Å². The van der Waals surface area contributed by atoms with Crippen molar-refractivity contribution in [1.82, 2.24) is 9.55 Å². The van der Waals surface area contributed by atoms with Gasteiger partial charge in [-0.05, 0) is 83.4 Å². The summed E-state index contributed by atoms with van der Waals surface area (Å²) in [7, 11) is 0. The van der Waals surface area contributed by atoms with Gasteiger partial charge in [0.1, 0.15) is 12.4 Å². The number of hydrogen-bond acceptors (Lipinski definition) is 7. The fourth-order valence-corrected chi connectivity index (χ4v) is 8.57. The number of Topliss-reactive ketones (excluding diaryl/α,β-unsaturated/α-hetero) is 1. The van der Waals surface area contributed by atoms with E-state index in [1.165, 1.54) is 22.8 Å². The van der Waals surface area contributed by atoms with E-state index in [9.17, 15) is 19.5 Å². The predicted octanol–water partition coefficient (Wildman–Crippen LogP) is 10.5. The summed E-state index contributed by atoms with van der Waals surface area (Å²) in [5.74, 6) is -0.0796. The number of nitrogens with zero attached hydrogens (tertiary/aromatic N) is 2. The van der Waals surface area contributed by atoms with Crippen molar-refractivity contribution in [2.24, 2.45) is 0 Å². The molecular formula is C44H32N2O5S2. The fraction of sp³-hybridized carbons (Fsp3) is 0.0909. The van der Waals surface area contributed by atoms with Gasteiger partial charge in [-0.3, -0.25) is 9.59 Å². The highest BCUT2D eigenvalue weighted by Gasteiger charge is 2.23. The van der Waals surface area contributed by atoms with Gasteiger partial charge in [-0.25, -0.2) is 9.78 Å². The van der Waals surface area contributed by atoms with Crippen molar-refractivity contribution in [2.75, 3.05) is 0 Å². The van der Waals surface area contributed by atoms with E-state index in [0.717, 1.165) is 38.0 Å². The zero-order valence-corrected chi connectivity index (χ0v) is 30.2. The molecule has 0 saturated carbocycles. The van der Waals surface area contributed by atoms with Crippen LogP contribution in [0.5, 0.6) is 5.75 Å². The smallest absolute Gasteiger partial charge is 0.335 e. The lowest BCUT2D eigenvalue weighted by Crippen LogP contribution is -2.08. The molecule has 260 valence electrons. The molecule has 8 rings (SSSR count). The summed E-state index contributed by atoms with van der Waals surface area (Å²) < 4.78 is 9.02. The Hall–Kier alpha value is -6.03. The van der Waals surface area contributed by atoms with E-state index in [0.29, 0.717) is 51.0 Å². The number of aromatic carboxylic acids is 1. The van der Waals surface area contributed by atoms with Crippen LogP contribution in [0.25, 0.3) is 31.9 Å². The highest BCUT2D eigenvalue weighted by molar-refractivity contribution is 7.98. The maximum Gasteiger partial charge on any atom is 0.335 e. The normalized spacial score (nSPS) is 11.3. The molecule has 0 radical (unpaired) electrons. The first-order valence-electron chi connectivity index (χ1n) is 17.0. The highest BCUT2D eigenvalue weighted by Crippen LogP contribution is 2.36. The molecule has 53 heavy (non-hydrogen) atoms. The number of benzene rings is 6. The zero-order chi connectivity index (χ0) is 36.5. The Morgan fingerprint density at radius 3 is 2.38 bits per heavy atom. The topological polar surface area (TPSA) is 98.5 Å². The number of carbonyl (C=O) groups is 3. The lowest BCUT2D eigenvalue weighted by molar-refractivity contribution is 0.0696.